The summed E-state index contributed by atoms with van der Waals surface area (Å²) < 4.78 is 0. The standard InChI is InChI=1S/C37H47N5O3/c1-3-31(38)35(43)40-34-29(25-41(4-2)24-26-14-8-5-9-15-26)20-21-30-22-23-32(42(30)37(34)45)36(44)39-33(27-16-10-6-11-17-27)28-18-12-7-13-19-28/h5-19,29-34H,3-4,20-25,38H2,1-2H3,(H,39,44)(H,40,43)/t29-,30+,31+,32+,34+/m1/s1. The topological polar surface area (TPSA) is 108 Å². The largest absolute Gasteiger partial charge is 0.343 e. The zero-order valence-corrected chi connectivity index (χ0v) is 26.5. The van der Waals surface area contributed by atoms with Crippen molar-refractivity contribution < 1.29 is 14.4 Å². The van der Waals surface area contributed by atoms with Crippen LogP contribution in [0, 0.1) is 5.92 Å². The maximum Gasteiger partial charge on any atom is 0.246 e. The Labute approximate surface area is 267 Å². The van der Waals surface area contributed by atoms with Crippen LogP contribution in [0.3, 0.4) is 0 Å². The number of carbonyl (C=O) groups excluding carboxylic acids is 3. The van der Waals surface area contributed by atoms with Gasteiger partial charge in [0.2, 0.25) is 17.7 Å². The summed E-state index contributed by atoms with van der Waals surface area (Å²) in [4.78, 5) is 45.9. The molecule has 2 heterocycles. The van der Waals surface area contributed by atoms with Crippen molar-refractivity contribution in [1.29, 1.82) is 0 Å². The predicted molar refractivity (Wildman–Crippen MR) is 177 cm³/mol. The molecule has 45 heavy (non-hydrogen) atoms. The van der Waals surface area contributed by atoms with E-state index in [0.29, 0.717) is 19.4 Å². The molecule has 2 aliphatic heterocycles. The Balaban J connectivity index is 1.39. The monoisotopic (exact) mass is 609 g/mol. The van der Waals surface area contributed by atoms with Crippen LogP contribution in [-0.4, -0.2) is 64.8 Å². The quantitative estimate of drug-likeness (QED) is 0.282. The van der Waals surface area contributed by atoms with Gasteiger partial charge in [-0.2, -0.15) is 0 Å². The lowest BCUT2D eigenvalue weighted by Gasteiger charge is -2.34. The number of rotatable bonds is 12. The Morgan fingerprint density at radius 1 is 0.867 bits per heavy atom. The number of nitrogens with one attached hydrogen (secondary N) is 2. The smallest absolute Gasteiger partial charge is 0.246 e. The van der Waals surface area contributed by atoms with Gasteiger partial charge in [0.1, 0.15) is 12.1 Å². The molecule has 2 saturated heterocycles. The third kappa shape index (κ3) is 7.81. The van der Waals surface area contributed by atoms with Gasteiger partial charge in [0.15, 0.2) is 0 Å². The third-order valence-electron chi connectivity index (χ3n) is 9.48. The maximum atomic E-state index is 14.5. The van der Waals surface area contributed by atoms with E-state index in [4.69, 9.17) is 5.73 Å². The lowest BCUT2D eigenvalue weighted by molar-refractivity contribution is -0.144. The summed E-state index contributed by atoms with van der Waals surface area (Å²) >= 11 is 0. The van der Waals surface area contributed by atoms with Gasteiger partial charge in [-0.15, -0.1) is 0 Å². The molecule has 3 aromatic carbocycles. The van der Waals surface area contributed by atoms with E-state index in [1.54, 1.807) is 4.90 Å². The Morgan fingerprint density at radius 3 is 2.02 bits per heavy atom. The lowest BCUT2D eigenvalue weighted by atomic mass is 9.92. The molecule has 4 N–H and O–H groups in total. The molecule has 5 atom stereocenters. The minimum Gasteiger partial charge on any atom is -0.343 e. The molecule has 3 aromatic rings. The SMILES string of the molecule is CC[C@H](N)C(=O)N[C@@H]1C(=O)N2[C@@H](CC[C@@H]1CN(CC)Cc1ccccc1)CC[C@H]2C(=O)NC(c1ccccc1)c1ccccc1. The summed E-state index contributed by atoms with van der Waals surface area (Å²) in [6.45, 7) is 6.21. The van der Waals surface area contributed by atoms with Crippen molar-refractivity contribution in [2.45, 2.75) is 82.7 Å². The van der Waals surface area contributed by atoms with Gasteiger partial charge in [-0.1, -0.05) is 105 Å². The van der Waals surface area contributed by atoms with Gasteiger partial charge in [0, 0.05) is 25.0 Å². The molecule has 0 saturated carbocycles. The lowest BCUT2D eigenvalue weighted by Crippen LogP contribution is -2.59. The molecule has 0 aromatic heterocycles. The van der Waals surface area contributed by atoms with Gasteiger partial charge in [-0.3, -0.25) is 19.3 Å². The first-order valence-corrected chi connectivity index (χ1v) is 16.4. The fourth-order valence-corrected chi connectivity index (χ4v) is 6.88. The summed E-state index contributed by atoms with van der Waals surface area (Å²) in [6.07, 6.45) is 3.39. The number of fused-ring (bicyclic) bond motifs is 1. The van der Waals surface area contributed by atoms with Crippen LogP contribution in [-0.2, 0) is 20.9 Å². The van der Waals surface area contributed by atoms with Crippen molar-refractivity contribution in [2.24, 2.45) is 11.7 Å². The molecule has 2 aliphatic rings. The van der Waals surface area contributed by atoms with E-state index >= 15 is 0 Å². The Hall–Kier alpha value is -4.01. The average Bonchev–Trinajstić information content (AvgIpc) is 3.47. The van der Waals surface area contributed by atoms with Crippen LogP contribution in [0.4, 0.5) is 0 Å². The van der Waals surface area contributed by atoms with Crippen LogP contribution in [0.15, 0.2) is 91.0 Å². The molecule has 3 amide bonds. The van der Waals surface area contributed by atoms with Gasteiger partial charge in [0.25, 0.3) is 0 Å². The van der Waals surface area contributed by atoms with E-state index in [1.165, 1.54) is 5.56 Å². The number of carbonyl (C=O) groups is 3. The van der Waals surface area contributed by atoms with Crippen molar-refractivity contribution in [3.63, 3.8) is 0 Å². The highest BCUT2D eigenvalue weighted by atomic mass is 16.2. The highest BCUT2D eigenvalue weighted by Crippen LogP contribution is 2.35. The van der Waals surface area contributed by atoms with Crippen LogP contribution in [0.25, 0.3) is 0 Å². The first kappa shape index (κ1) is 32.4. The maximum absolute atomic E-state index is 14.5. The predicted octanol–water partition coefficient (Wildman–Crippen LogP) is 4.41. The van der Waals surface area contributed by atoms with Gasteiger partial charge < -0.3 is 21.3 Å². The highest BCUT2D eigenvalue weighted by molar-refractivity contribution is 5.94. The van der Waals surface area contributed by atoms with Crippen LogP contribution in [0.2, 0.25) is 0 Å². The number of hydrogen-bond acceptors (Lipinski definition) is 5. The number of benzene rings is 3. The zero-order chi connectivity index (χ0) is 31.8. The fourth-order valence-electron chi connectivity index (χ4n) is 6.88. The van der Waals surface area contributed by atoms with Crippen molar-refractivity contribution in [3.8, 4) is 0 Å². The molecule has 0 unspecified atom stereocenters. The molecule has 5 rings (SSSR count). The summed E-state index contributed by atoms with van der Waals surface area (Å²) in [7, 11) is 0. The van der Waals surface area contributed by atoms with Crippen LogP contribution < -0.4 is 16.4 Å². The van der Waals surface area contributed by atoms with Crippen molar-refractivity contribution in [1.82, 2.24) is 20.4 Å². The molecule has 0 spiro atoms. The zero-order valence-electron chi connectivity index (χ0n) is 26.5. The molecule has 2 fully saturated rings. The minimum absolute atomic E-state index is 0.0476. The van der Waals surface area contributed by atoms with Crippen LogP contribution in [0.5, 0.6) is 0 Å². The van der Waals surface area contributed by atoms with Crippen LogP contribution in [0.1, 0.15) is 68.7 Å². The molecular weight excluding hydrogens is 562 g/mol. The van der Waals surface area contributed by atoms with E-state index in [2.05, 4.69) is 34.6 Å². The summed E-state index contributed by atoms with van der Waals surface area (Å²) in [5.41, 5.74) is 9.29. The van der Waals surface area contributed by atoms with E-state index in [1.807, 2.05) is 85.8 Å². The van der Waals surface area contributed by atoms with Crippen LogP contribution >= 0.6 is 0 Å². The molecule has 8 heteroatoms. The number of hydrogen-bond donors (Lipinski definition) is 3. The normalized spacial score (nSPS) is 22.2. The second-order valence-electron chi connectivity index (χ2n) is 12.4. The van der Waals surface area contributed by atoms with Crippen molar-refractivity contribution >= 4 is 17.7 Å². The Kier molecular flexibility index (Phi) is 11.0. The summed E-state index contributed by atoms with van der Waals surface area (Å²) in [6, 6.07) is 27.7. The van der Waals surface area contributed by atoms with Gasteiger partial charge >= 0.3 is 0 Å². The summed E-state index contributed by atoms with van der Waals surface area (Å²) in [5.74, 6) is -0.774. The number of nitrogens with two attached hydrogens (primary N) is 1. The van der Waals surface area contributed by atoms with E-state index in [0.717, 1.165) is 43.5 Å². The second-order valence-corrected chi connectivity index (χ2v) is 12.4. The molecular formula is C37H47N5O3. The van der Waals surface area contributed by atoms with Crippen molar-refractivity contribution in [3.05, 3.63) is 108 Å². The van der Waals surface area contributed by atoms with E-state index in [9.17, 15) is 14.4 Å². The van der Waals surface area contributed by atoms with Gasteiger partial charge in [-0.05, 0) is 55.3 Å². The van der Waals surface area contributed by atoms with E-state index in [-0.39, 0.29) is 35.7 Å². The average molecular weight is 610 g/mol. The number of amides is 3. The molecule has 8 nitrogen and oxygen atoms in total. The Bertz CT molecular complexity index is 1360. The van der Waals surface area contributed by atoms with Crippen molar-refractivity contribution in [2.75, 3.05) is 13.1 Å². The first-order valence-electron chi connectivity index (χ1n) is 16.4. The summed E-state index contributed by atoms with van der Waals surface area (Å²) in [5, 5.41) is 6.33. The molecule has 0 radical (unpaired) electrons. The third-order valence-corrected chi connectivity index (χ3v) is 9.48. The molecule has 238 valence electrons. The highest BCUT2D eigenvalue weighted by Gasteiger charge is 2.48. The molecule has 0 aliphatic carbocycles. The van der Waals surface area contributed by atoms with Gasteiger partial charge in [0.05, 0.1) is 12.1 Å². The molecule has 0 bridgehead atoms. The second kappa shape index (κ2) is 15.3. The van der Waals surface area contributed by atoms with E-state index < -0.39 is 18.1 Å². The first-order chi connectivity index (χ1) is 21.9. The van der Waals surface area contributed by atoms with Gasteiger partial charge in [-0.25, -0.2) is 0 Å². The fraction of sp³-hybridized carbons (Fsp3) is 0.432. The minimum atomic E-state index is -0.752. The number of nitrogens with zero attached hydrogens (tertiary/aromatic N) is 2. The Morgan fingerprint density at radius 2 is 1.44 bits per heavy atom.